The number of allylic oxidation sites excluding steroid dienone is 2. The molecule has 1 aromatic carbocycles. The quantitative estimate of drug-likeness (QED) is 0.823. The van der Waals surface area contributed by atoms with E-state index in [-0.39, 0.29) is 5.41 Å². The van der Waals surface area contributed by atoms with Crippen LogP contribution < -0.4 is 5.73 Å². The Balaban J connectivity index is 2.33. The number of anilines is 1. The topological polar surface area (TPSA) is 43.1 Å². The lowest BCUT2D eigenvalue weighted by Crippen LogP contribution is -2.27. The second-order valence-electron chi connectivity index (χ2n) is 6.03. The number of nitrogens with two attached hydrogens (primary N) is 1. The summed E-state index contributed by atoms with van der Waals surface area (Å²) in [5.74, 6) is 0.300. The van der Waals surface area contributed by atoms with Crippen LogP contribution in [-0.2, 0) is 11.2 Å². The van der Waals surface area contributed by atoms with Crippen LogP contribution in [0.1, 0.15) is 49.8 Å². The van der Waals surface area contributed by atoms with E-state index < -0.39 is 0 Å². The normalized spacial score (nSPS) is 24.6. The van der Waals surface area contributed by atoms with Gasteiger partial charge in [0.25, 0.3) is 0 Å². The molecule has 0 heterocycles. The summed E-state index contributed by atoms with van der Waals surface area (Å²) in [6.07, 6.45) is 5.55. The molecule has 1 aromatic rings. The highest BCUT2D eigenvalue weighted by Crippen LogP contribution is 2.56. The van der Waals surface area contributed by atoms with Gasteiger partial charge in [0.05, 0.1) is 0 Å². The van der Waals surface area contributed by atoms with Gasteiger partial charge in [-0.25, -0.2) is 0 Å². The van der Waals surface area contributed by atoms with Gasteiger partial charge < -0.3 is 5.73 Å². The summed E-state index contributed by atoms with van der Waals surface area (Å²) < 4.78 is 0. The lowest BCUT2D eigenvalue weighted by molar-refractivity contribution is -0.116. The van der Waals surface area contributed by atoms with Crippen molar-refractivity contribution in [3.63, 3.8) is 0 Å². The van der Waals surface area contributed by atoms with Crippen molar-refractivity contribution in [3.8, 4) is 0 Å². The second-order valence-corrected chi connectivity index (χ2v) is 6.03. The van der Waals surface area contributed by atoms with Gasteiger partial charge in [-0.2, -0.15) is 0 Å². The Labute approximate surface area is 120 Å². The molecule has 0 amide bonds. The van der Waals surface area contributed by atoms with Crippen LogP contribution in [0, 0.1) is 5.41 Å². The Bertz CT molecular complexity index is 654. The van der Waals surface area contributed by atoms with E-state index in [1.54, 1.807) is 0 Å². The number of hydrogen-bond donors (Lipinski definition) is 1. The van der Waals surface area contributed by atoms with Crippen LogP contribution in [-0.4, -0.2) is 5.78 Å². The molecule has 1 unspecified atom stereocenters. The van der Waals surface area contributed by atoms with E-state index in [9.17, 15) is 4.79 Å². The number of carbonyl (C=O) groups excluding carboxylic acids is 1. The highest BCUT2D eigenvalue weighted by Gasteiger charge is 2.45. The predicted molar refractivity (Wildman–Crippen MR) is 84.2 cm³/mol. The molecule has 2 aliphatic rings. The smallest absolute Gasteiger partial charge is 0.158 e. The van der Waals surface area contributed by atoms with Gasteiger partial charge in [-0.05, 0) is 54.5 Å². The predicted octanol–water partition coefficient (Wildman–Crippen LogP) is 4.00. The van der Waals surface area contributed by atoms with E-state index in [0.717, 1.165) is 36.1 Å². The molecule has 0 spiro atoms. The van der Waals surface area contributed by atoms with Crippen molar-refractivity contribution in [1.29, 1.82) is 0 Å². The summed E-state index contributed by atoms with van der Waals surface area (Å²) in [6.45, 7) is 8.12. The molecular weight excluding hydrogens is 246 g/mol. The van der Waals surface area contributed by atoms with Gasteiger partial charge in [0.15, 0.2) is 5.78 Å². The first-order valence-corrected chi connectivity index (χ1v) is 7.33. The monoisotopic (exact) mass is 267 g/mol. The molecule has 0 radical (unpaired) electrons. The fourth-order valence-corrected chi connectivity index (χ4v) is 4.03. The van der Waals surface area contributed by atoms with Gasteiger partial charge in [-0.1, -0.05) is 25.6 Å². The number of nitrogen functional groups attached to an aromatic ring is 1. The molecule has 2 nitrogen and oxygen atoms in total. The van der Waals surface area contributed by atoms with Crippen molar-refractivity contribution in [2.45, 2.75) is 39.5 Å². The maximum atomic E-state index is 12.1. The molecule has 2 N–H and O–H groups in total. The van der Waals surface area contributed by atoms with Gasteiger partial charge in [0.1, 0.15) is 0 Å². The minimum atomic E-state index is 0.131. The SMILES string of the molecule is C=Cc1c(N)ccc2c1CC1(CC)CCC(=O)C(C)=C21. The Morgan fingerprint density at radius 3 is 2.85 bits per heavy atom. The first kappa shape index (κ1) is 13.2. The van der Waals surface area contributed by atoms with E-state index >= 15 is 0 Å². The summed E-state index contributed by atoms with van der Waals surface area (Å²) in [4.78, 5) is 12.1. The van der Waals surface area contributed by atoms with Crippen LogP contribution in [0.2, 0.25) is 0 Å². The summed E-state index contributed by atoms with van der Waals surface area (Å²) in [7, 11) is 0. The molecule has 0 aromatic heterocycles. The second kappa shape index (κ2) is 4.34. The van der Waals surface area contributed by atoms with Crippen LogP contribution in [0.15, 0.2) is 24.3 Å². The van der Waals surface area contributed by atoms with Crippen molar-refractivity contribution in [2.24, 2.45) is 5.41 Å². The fourth-order valence-electron chi connectivity index (χ4n) is 4.03. The summed E-state index contributed by atoms with van der Waals surface area (Å²) in [5.41, 5.74) is 12.8. The number of rotatable bonds is 2. The Morgan fingerprint density at radius 1 is 1.45 bits per heavy atom. The van der Waals surface area contributed by atoms with Gasteiger partial charge in [0, 0.05) is 23.1 Å². The minimum Gasteiger partial charge on any atom is -0.398 e. The molecule has 20 heavy (non-hydrogen) atoms. The summed E-state index contributed by atoms with van der Waals surface area (Å²) in [5, 5.41) is 0. The molecule has 3 rings (SSSR count). The van der Waals surface area contributed by atoms with Gasteiger partial charge in [0.2, 0.25) is 0 Å². The van der Waals surface area contributed by atoms with Crippen molar-refractivity contribution in [2.75, 3.05) is 5.73 Å². The van der Waals surface area contributed by atoms with E-state index in [1.807, 2.05) is 19.1 Å². The van der Waals surface area contributed by atoms with Gasteiger partial charge in [-0.3, -0.25) is 4.79 Å². The maximum absolute atomic E-state index is 12.1. The summed E-state index contributed by atoms with van der Waals surface area (Å²) in [6, 6.07) is 4.04. The van der Waals surface area contributed by atoms with Crippen LogP contribution in [0.25, 0.3) is 11.6 Å². The van der Waals surface area contributed by atoms with E-state index in [2.05, 4.69) is 19.6 Å². The highest BCUT2D eigenvalue weighted by molar-refractivity contribution is 6.06. The van der Waals surface area contributed by atoms with Crippen LogP contribution in [0.5, 0.6) is 0 Å². The Hall–Kier alpha value is -1.83. The standard InChI is InChI=1S/C18H21NO/c1-4-12-14-10-18(5-2)9-8-16(20)11(3)17(18)13(14)6-7-15(12)19/h4,6-7H,1,5,8-10,19H2,2-3H3. The molecular formula is C18H21NO. The van der Waals surface area contributed by atoms with E-state index in [1.165, 1.54) is 16.7 Å². The lowest BCUT2D eigenvalue weighted by Gasteiger charge is -2.34. The average Bonchev–Trinajstić information content (AvgIpc) is 2.78. The largest absolute Gasteiger partial charge is 0.398 e. The van der Waals surface area contributed by atoms with E-state index in [0.29, 0.717) is 12.2 Å². The van der Waals surface area contributed by atoms with Crippen molar-refractivity contribution >= 4 is 23.1 Å². The summed E-state index contributed by atoms with van der Waals surface area (Å²) >= 11 is 0. The molecule has 104 valence electrons. The average molecular weight is 267 g/mol. The molecule has 2 aliphatic carbocycles. The molecule has 0 aliphatic heterocycles. The fraction of sp³-hybridized carbons (Fsp3) is 0.389. The molecule has 0 saturated carbocycles. The highest BCUT2D eigenvalue weighted by atomic mass is 16.1. The number of ketones is 1. The number of carbonyl (C=O) groups is 1. The van der Waals surface area contributed by atoms with Gasteiger partial charge in [-0.15, -0.1) is 0 Å². The van der Waals surface area contributed by atoms with Crippen LogP contribution in [0.4, 0.5) is 5.69 Å². The minimum absolute atomic E-state index is 0.131. The van der Waals surface area contributed by atoms with Crippen LogP contribution >= 0.6 is 0 Å². The number of fused-ring (bicyclic) bond motifs is 3. The third-order valence-corrected chi connectivity index (χ3v) is 5.21. The molecule has 0 bridgehead atoms. The third-order valence-electron chi connectivity index (χ3n) is 5.21. The van der Waals surface area contributed by atoms with Crippen molar-refractivity contribution in [1.82, 2.24) is 0 Å². The number of hydrogen-bond acceptors (Lipinski definition) is 2. The Morgan fingerprint density at radius 2 is 2.20 bits per heavy atom. The first-order valence-electron chi connectivity index (χ1n) is 7.33. The van der Waals surface area contributed by atoms with Crippen molar-refractivity contribution in [3.05, 3.63) is 41.0 Å². The van der Waals surface area contributed by atoms with E-state index in [4.69, 9.17) is 5.73 Å². The zero-order valence-corrected chi connectivity index (χ0v) is 12.3. The third kappa shape index (κ3) is 1.54. The first-order chi connectivity index (χ1) is 9.54. The number of Topliss-reactive ketones (excluding diaryl/α,β-unsaturated/α-hetero) is 1. The Kier molecular flexibility index (Phi) is 2.86. The molecule has 0 fully saturated rings. The van der Waals surface area contributed by atoms with Crippen LogP contribution in [0.3, 0.4) is 0 Å². The molecule has 1 atom stereocenters. The number of benzene rings is 1. The zero-order valence-electron chi connectivity index (χ0n) is 12.3. The zero-order chi connectivity index (χ0) is 14.5. The molecule has 0 saturated heterocycles. The van der Waals surface area contributed by atoms with Gasteiger partial charge >= 0.3 is 0 Å². The van der Waals surface area contributed by atoms with Crippen molar-refractivity contribution < 1.29 is 4.79 Å². The lowest BCUT2D eigenvalue weighted by atomic mass is 9.68. The molecule has 2 heteroatoms. The maximum Gasteiger partial charge on any atom is 0.158 e.